The third kappa shape index (κ3) is 10.2. The van der Waals surface area contributed by atoms with Crippen LogP contribution in [0.3, 0.4) is 0 Å². The number of carbonyl (C=O) groups is 1. The lowest BCUT2D eigenvalue weighted by atomic mass is 9.76. The van der Waals surface area contributed by atoms with Gasteiger partial charge in [0, 0.05) is 6.42 Å². The molecule has 0 rings (SSSR count). The van der Waals surface area contributed by atoms with Crippen molar-refractivity contribution in [3.05, 3.63) is 0 Å². The second kappa shape index (κ2) is 5.34. The number of halogens is 1. The van der Waals surface area contributed by atoms with Crippen LogP contribution < -0.4 is 0 Å². The minimum absolute atomic E-state index is 0.200. The Labute approximate surface area is 99.6 Å². The van der Waals surface area contributed by atoms with Gasteiger partial charge in [0.05, 0.1) is 0 Å². The van der Waals surface area contributed by atoms with Gasteiger partial charge in [-0.1, -0.05) is 41.5 Å². The highest BCUT2D eigenvalue weighted by Crippen LogP contribution is 2.34. The predicted octanol–water partition coefficient (Wildman–Crippen LogP) is 4.63. The molecule has 0 aromatic carbocycles. The fourth-order valence-corrected chi connectivity index (χ4v) is 2.39. The fraction of sp³-hybridized carbons (Fsp3) is 0.923. The van der Waals surface area contributed by atoms with E-state index in [-0.39, 0.29) is 16.1 Å². The zero-order valence-electron chi connectivity index (χ0n) is 11.0. The summed E-state index contributed by atoms with van der Waals surface area (Å²) in [6.07, 6.45) is 2.63. The van der Waals surface area contributed by atoms with Gasteiger partial charge in [-0.2, -0.15) is 0 Å². The molecular formula is C13H25ClO. The van der Waals surface area contributed by atoms with Crippen LogP contribution in [0.15, 0.2) is 0 Å². The number of hydrogen-bond acceptors (Lipinski definition) is 1. The summed E-state index contributed by atoms with van der Waals surface area (Å²) in [5.41, 5.74) is 0.532. The lowest BCUT2D eigenvalue weighted by molar-refractivity contribution is -0.112. The lowest BCUT2D eigenvalue weighted by Gasteiger charge is -2.30. The summed E-state index contributed by atoms with van der Waals surface area (Å²) < 4.78 is 0. The Morgan fingerprint density at radius 2 is 1.33 bits per heavy atom. The van der Waals surface area contributed by atoms with Crippen molar-refractivity contribution in [2.24, 2.45) is 16.7 Å². The molecule has 2 heteroatoms. The first-order chi connectivity index (χ1) is 6.49. The molecule has 90 valence electrons. The zero-order chi connectivity index (χ0) is 12.3. The first-order valence-corrected chi connectivity index (χ1v) is 6.06. The van der Waals surface area contributed by atoms with Crippen molar-refractivity contribution in [3.63, 3.8) is 0 Å². The summed E-state index contributed by atoms with van der Waals surface area (Å²) in [4.78, 5) is 11.0. The Bertz CT molecular complexity index is 192. The molecule has 0 heterocycles. The van der Waals surface area contributed by atoms with E-state index in [0.717, 1.165) is 12.8 Å². The summed E-state index contributed by atoms with van der Waals surface area (Å²) in [6.45, 7) is 13.3. The standard InChI is InChI=1S/C13H25ClO/c1-12(2,3)8-10(7-11(14)15)9-13(4,5)6/h10H,7-9H2,1-6H3. The molecule has 0 spiro atoms. The molecule has 0 fully saturated rings. The van der Waals surface area contributed by atoms with Gasteiger partial charge in [-0.25, -0.2) is 0 Å². The molecule has 0 aromatic heterocycles. The zero-order valence-corrected chi connectivity index (χ0v) is 11.7. The van der Waals surface area contributed by atoms with E-state index < -0.39 is 0 Å². The van der Waals surface area contributed by atoms with Gasteiger partial charge in [0.25, 0.3) is 0 Å². The van der Waals surface area contributed by atoms with Gasteiger partial charge in [-0.05, 0) is 41.2 Å². The maximum Gasteiger partial charge on any atom is 0.221 e. The molecule has 0 radical (unpaired) electrons. The van der Waals surface area contributed by atoms with Crippen LogP contribution in [-0.4, -0.2) is 5.24 Å². The molecule has 0 bridgehead atoms. The van der Waals surface area contributed by atoms with E-state index in [1.807, 2.05) is 0 Å². The summed E-state index contributed by atoms with van der Waals surface area (Å²) in [5, 5.41) is -0.200. The second-order valence-corrected chi connectivity index (χ2v) is 7.38. The monoisotopic (exact) mass is 232 g/mol. The topological polar surface area (TPSA) is 17.1 Å². The molecule has 0 unspecified atom stereocenters. The molecule has 0 aliphatic rings. The minimum Gasteiger partial charge on any atom is -0.281 e. The van der Waals surface area contributed by atoms with Crippen molar-refractivity contribution >= 4 is 16.8 Å². The summed E-state index contributed by atoms with van der Waals surface area (Å²) in [6, 6.07) is 0. The van der Waals surface area contributed by atoms with E-state index in [1.165, 1.54) is 0 Å². The summed E-state index contributed by atoms with van der Waals surface area (Å²) in [7, 11) is 0. The smallest absolute Gasteiger partial charge is 0.221 e. The third-order valence-electron chi connectivity index (χ3n) is 2.25. The van der Waals surface area contributed by atoms with E-state index in [0.29, 0.717) is 12.3 Å². The van der Waals surface area contributed by atoms with Crippen molar-refractivity contribution in [2.45, 2.75) is 60.8 Å². The van der Waals surface area contributed by atoms with Crippen LogP contribution in [-0.2, 0) is 4.79 Å². The first kappa shape index (κ1) is 15.0. The van der Waals surface area contributed by atoms with E-state index in [9.17, 15) is 4.79 Å². The van der Waals surface area contributed by atoms with Gasteiger partial charge < -0.3 is 0 Å². The molecule has 0 aliphatic carbocycles. The van der Waals surface area contributed by atoms with Crippen LogP contribution in [0.1, 0.15) is 60.8 Å². The van der Waals surface area contributed by atoms with E-state index >= 15 is 0 Å². The maximum atomic E-state index is 11.0. The number of carbonyl (C=O) groups excluding carboxylic acids is 1. The Balaban J connectivity index is 4.39. The highest BCUT2D eigenvalue weighted by Gasteiger charge is 2.25. The van der Waals surface area contributed by atoms with Gasteiger partial charge in [0.2, 0.25) is 5.24 Å². The van der Waals surface area contributed by atoms with Crippen LogP contribution in [0.4, 0.5) is 0 Å². The van der Waals surface area contributed by atoms with Crippen LogP contribution in [0.25, 0.3) is 0 Å². The Morgan fingerprint density at radius 3 is 1.53 bits per heavy atom. The highest BCUT2D eigenvalue weighted by molar-refractivity contribution is 6.63. The quantitative estimate of drug-likeness (QED) is 0.646. The largest absolute Gasteiger partial charge is 0.281 e. The van der Waals surface area contributed by atoms with Crippen molar-refractivity contribution in [2.75, 3.05) is 0 Å². The minimum atomic E-state index is -0.200. The third-order valence-corrected chi connectivity index (χ3v) is 2.41. The molecule has 1 nitrogen and oxygen atoms in total. The maximum absolute atomic E-state index is 11.0. The van der Waals surface area contributed by atoms with Gasteiger partial charge >= 0.3 is 0 Å². The molecule has 0 aromatic rings. The van der Waals surface area contributed by atoms with Crippen LogP contribution in [0.5, 0.6) is 0 Å². The molecule has 0 saturated heterocycles. The predicted molar refractivity (Wildman–Crippen MR) is 67.1 cm³/mol. The van der Waals surface area contributed by atoms with Gasteiger partial charge in [-0.15, -0.1) is 0 Å². The van der Waals surface area contributed by atoms with Gasteiger partial charge in [0.1, 0.15) is 0 Å². The Morgan fingerprint density at radius 1 is 1.00 bits per heavy atom. The number of hydrogen-bond donors (Lipinski definition) is 0. The average Bonchev–Trinajstić information content (AvgIpc) is 1.73. The molecule has 0 saturated carbocycles. The Kier molecular flexibility index (Phi) is 5.32. The Hall–Kier alpha value is -0.0400. The van der Waals surface area contributed by atoms with Crippen LogP contribution >= 0.6 is 11.6 Å². The van der Waals surface area contributed by atoms with Crippen molar-refractivity contribution < 1.29 is 4.79 Å². The van der Waals surface area contributed by atoms with E-state index in [1.54, 1.807) is 0 Å². The average molecular weight is 233 g/mol. The SMILES string of the molecule is CC(C)(C)CC(CC(=O)Cl)CC(C)(C)C. The summed E-state index contributed by atoms with van der Waals surface area (Å²) >= 11 is 5.49. The highest BCUT2D eigenvalue weighted by atomic mass is 35.5. The normalized spacial score (nSPS) is 13.3. The lowest BCUT2D eigenvalue weighted by Crippen LogP contribution is -2.20. The van der Waals surface area contributed by atoms with Crippen LogP contribution in [0.2, 0.25) is 0 Å². The van der Waals surface area contributed by atoms with Gasteiger partial charge in [-0.3, -0.25) is 4.79 Å². The van der Waals surface area contributed by atoms with Crippen molar-refractivity contribution in [1.29, 1.82) is 0 Å². The van der Waals surface area contributed by atoms with Gasteiger partial charge in [0.15, 0.2) is 0 Å². The molecular weight excluding hydrogens is 208 g/mol. The second-order valence-electron chi connectivity index (χ2n) is 6.95. The number of rotatable bonds is 4. The molecule has 15 heavy (non-hydrogen) atoms. The van der Waals surface area contributed by atoms with Crippen LogP contribution in [0, 0.1) is 16.7 Å². The fourth-order valence-electron chi connectivity index (χ4n) is 2.18. The summed E-state index contributed by atoms with van der Waals surface area (Å²) in [5.74, 6) is 0.412. The molecule has 0 atom stereocenters. The first-order valence-electron chi connectivity index (χ1n) is 5.68. The van der Waals surface area contributed by atoms with Crippen molar-refractivity contribution in [1.82, 2.24) is 0 Å². The van der Waals surface area contributed by atoms with E-state index in [4.69, 9.17) is 11.6 Å². The molecule has 0 N–H and O–H groups in total. The van der Waals surface area contributed by atoms with E-state index in [2.05, 4.69) is 41.5 Å². The molecule has 0 aliphatic heterocycles. The van der Waals surface area contributed by atoms with Crippen molar-refractivity contribution in [3.8, 4) is 0 Å². The molecule has 0 amide bonds.